The first kappa shape index (κ1) is 55.6. The van der Waals surface area contributed by atoms with E-state index in [2.05, 4.69) is 41.2 Å². The van der Waals surface area contributed by atoms with Crippen LogP contribution in [0.25, 0.3) is 22.5 Å². The van der Waals surface area contributed by atoms with E-state index in [1.165, 1.54) is 54.2 Å². The number of aryl methyl sites for hydroxylation is 4. The van der Waals surface area contributed by atoms with Crippen molar-refractivity contribution < 1.29 is 53.9 Å². The van der Waals surface area contributed by atoms with E-state index in [1.807, 2.05) is 6.92 Å². The molecule has 16 nitrogen and oxygen atoms in total. The highest BCUT2D eigenvalue weighted by molar-refractivity contribution is 7.98. The van der Waals surface area contributed by atoms with Gasteiger partial charge in [-0.1, -0.05) is 48.2 Å². The molecule has 0 atom stereocenters. The van der Waals surface area contributed by atoms with Gasteiger partial charge >= 0.3 is 12.1 Å². The third-order valence-electron chi connectivity index (χ3n) is 12.8. The summed E-state index contributed by atoms with van der Waals surface area (Å²) in [5.74, 6) is -6.34. The molecule has 0 aliphatic carbocycles. The zero-order valence-corrected chi connectivity index (χ0v) is 44.7. The van der Waals surface area contributed by atoms with Crippen molar-refractivity contribution in [3.8, 4) is 22.5 Å². The first-order chi connectivity index (χ1) is 38.0. The van der Waals surface area contributed by atoms with Crippen LogP contribution in [0.5, 0.6) is 0 Å². The molecule has 0 saturated heterocycles. The Balaban J connectivity index is 0.000000194. The molecule has 4 N–H and O–H groups in total. The van der Waals surface area contributed by atoms with Gasteiger partial charge in [0.05, 0.1) is 24.5 Å². The van der Waals surface area contributed by atoms with E-state index in [4.69, 9.17) is 0 Å². The van der Waals surface area contributed by atoms with Crippen LogP contribution < -0.4 is 31.1 Å². The number of carbonyl (C=O) groups excluding carboxylic acids is 4. The predicted octanol–water partition coefficient (Wildman–Crippen LogP) is 11.7. The molecule has 0 spiro atoms. The second kappa shape index (κ2) is 22.3. The number of hydrogen-bond acceptors (Lipinski definition) is 11. The Morgan fingerprint density at radius 3 is 1.34 bits per heavy atom. The third-order valence-corrected chi connectivity index (χ3v) is 14.2. The van der Waals surface area contributed by atoms with E-state index in [0.717, 1.165) is 53.1 Å². The second-order valence-electron chi connectivity index (χ2n) is 18.3. The van der Waals surface area contributed by atoms with Crippen LogP contribution in [0.4, 0.5) is 70.3 Å². The van der Waals surface area contributed by atoms with Gasteiger partial charge in [0.2, 0.25) is 15.0 Å². The van der Waals surface area contributed by atoms with Crippen molar-refractivity contribution in [2.24, 2.45) is 0 Å². The fraction of sp³-hybridized carbons (Fsp3) is 0.143. The zero-order chi connectivity index (χ0) is 57.5. The van der Waals surface area contributed by atoms with E-state index >= 15 is 0 Å². The minimum absolute atomic E-state index is 0.0173. The Labute approximate surface area is 457 Å². The van der Waals surface area contributed by atoms with Gasteiger partial charge in [-0.15, -0.1) is 0 Å². The zero-order valence-electron chi connectivity index (χ0n) is 43.0. The molecule has 24 heteroatoms. The van der Waals surface area contributed by atoms with Crippen molar-refractivity contribution in [3.63, 3.8) is 0 Å². The number of amides is 6. The number of fused-ring (bicyclic) bond motifs is 2. The van der Waals surface area contributed by atoms with Gasteiger partial charge < -0.3 is 21.3 Å². The lowest BCUT2D eigenvalue weighted by Gasteiger charge is -2.30. The molecule has 8 aromatic rings. The van der Waals surface area contributed by atoms with Crippen LogP contribution in [0.3, 0.4) is 0 Å². The number of aromatic nitrogens is 4. The molecule has 0 fully saturated rings. The van der Waals surface area contributed by atoms with E-state index in [-0.39, 0.29) is 58.0 Å². The molecule has 10 rings (SSSR count). The number of nitrogens with zero attached hydrogens (tertiary/aromatic N) is 6. The van der Waals surface area contributed by atoms with Crippen LogP contribution in [-0.4, -0.2) is 64.7 Å². The van der Waals surface area contributed by atoms with Gasteiger partial charge in [0.25, 0.3) is 11.8 Å². The molecule has 80 heavy (non-hydrogen) atoms. The predicted molar refractivity (Wildman–Crippen MR) is 289 cm³/mol. The number of urea groups is 2. The van der Waals surface area contributed by atoms with Gasteiger partial charge in [-0.3, -0.25) is 9.59 Å². The van der Waals surface area contributed by atoms with Crippen molar-refractivity contribution in [3.05, 3.63) is 189 Å². The molecule has 2 aliphatic heterocycles. The topological polar surface area (TPSA) is 209 Å². The van der Waals surface area contributed by atoms with E-state index < -0.39 is 85.1 Å². The molecule has 408 valence electrons. The largest absolute Gasteiger partial charge is 0.333 e. The maximum Gasteiger partial charge on any atom is 0.328 e. The quantitative estimate of drug-likeness (QED) is 0.0575. The number of hydrogen-bond donors (Lipinski definition) is 4. The van der Waals surface area contributed by atoms with Gasteiger partial charge in [0.15, 0.2) is 16.8 Å². The average molecular weight is 1130 g/mol. The number of rotatable bonds is 10. The minimum atomic E-state index is -4.07. The number of thioether (sulfide) groups is 1. The molecule has 0 unspecified atom stereocenters. The van der Waals surface area contributed by atoms with Crippen LogP contribution in [0, 0.1) is 62.6 Å². The summed E-state index contributed by atoms with van der Waals surface area (Å²) in [7, 11) is -4.07. The number of halogens is 6. The lowest BCUT2D eigenvalue weighted by Crippen LogP contribution is -2.43. The van der Waals surface area contributed by atoms with Gasteiger partial charge in [0, 0.05) is 51.0 Å². The highest BCUT2D eigenvalue weighted by Gasteiger charge is 2.37. The summed E-state index contributed by atoms with van der Waals surface area (Å²) in [6.45, 7) is 6.57. The summed E-state index contributed by atoms with van der Waals surface area (Å²) in [5, 5.41) is 10.2. The number of sulfone groups is 1. The number of para-hydroxylation sites is 2. The van der Waals surface area contributed by atoms with Crippen molar-refractivity contribution >= 4 is 79.9 Å². The van der Waals surface area contributed by atoms with Crippen LogP contribution in [0.15, 0.2) is 120 Å². The Morgan fingerprint density at radius 2 is 0.938 bits per heavy atom. The Morgan fingerprint density at radius 1 is 0.537 bits per heavy atom. The van der Waals surface area contributed by atoms with Crippen LogP contribution in [0.2, 0.25) is 0 Å². The highest BCUT2D eigenvalue weighted by atomic mass is 32.2. The first-order valence-corrected chi connectivity index (χ1v) is 27.1. The molecule has 6 amide bonds. The molecule has 0 radical (unpaired) electrons. The van der Waals surface area contributed by atoms with E-state index in [1.54, 1.807) is 57.4 Å². The Hall–Kier alpha value is -9.16. The third kappa shape index (κ3) is 11.1. The van der Waals surface area contributed by atoms with Crippen LogP contribution in [0.1, 0.15) is 54.1 Å². The van der Waals surface area contributed by atoms with Gasteiger partial charge in [-0.25, -0.2) is 69.1 Å². The van der Waals surface area contributed by atoms with Crippen molar-refractivity contribution in [1.82, 2.24) is 30.6 Å². The standard InChI is InChI=1S/C28H22F3N5O4S.C28H22F3N5O2S/c1-14-8-10-17(33-26(37)16-9-7-15(2)22(31)11-16)12-18(14)23-19-13-32-28(38)36(24-20(29)5-4-6-21(24)30)25(19)35-27(34-23)41(3,39)40;1-14-8-10-17(33-26(37)16-9-7-15(2)22(31)11-16)12-18(14)23-19-13-32-28(38)36(25(19)35-27(34-23)39-3)24-20(29)5-4-6-21(24)30/h4-12H,13H2,1-3H3,(H,32,38)(H,33,37);4-12H,13H2,1-3H3,(H,32,38)(H,33,37). The number of nitrogens with one attached hydrogen (secondary N) is 4. The molecule has 6 aromatic carbocycles. The van der Waals surface area contributed by atoms with Crippen molar-refractivity contribution in [1.29, 1.82) is 0 Å². The summed E-state index contributed by atoms with van der Waals surface area (Å²) in [4.78, 5) is 70.3. The normalized spacial score (nSPS) is 12.8. The van der Waals surface area contributed by atoms with Crippen LogP contribution >= 0.6 is 11.8 Å². The molecule has 4 heterocycles. The summed E-state index contributed by atoms with van der Waals surface area (Å²) in [5.41, 5.74) is 3.97. The number of carbonyl (C=O) groups is 4. The van der Waals surface area contributed by atoms with Gasteiger partial charge in [-0.2, -0.15) is 4.98 Å². The lowest BCUT2D eigenvalue weighted by atomic mass is 9.99. The van der Waals surface area contributed by atoms with Crippen molar-refractivity contribution in [2.75, 3.05) is 32.9 Å². The van der Waals surface area contributed by atoms with Gasteiger partial charge in [-0.05, 0) is 129 Å². The maximum absolute atomic E-state index is 14.8. The smallest absolute Gasteiger partial charge is 0.328 e. The van der Waals surface area contributed by atoms with E-state index in [9.17, 15) is 53.9 Å². The summed E-state index contributed by atoms with van der Waals surface area (Å²) >= 11 is 1.20. The molecule has 2 aliphatic rings. The summed E-state index contributed by atoms with van der Waals surface area (Å²) < 4.78 is 112. The second-order valence-corrected chi connectivity index (χ2v) is 21.0. The monoisotopic (exact) mass is 1130 g/mol. The Bertz CT molecular complexity index is 3980. The summed E-state index contributed by atoms with van der Waals surface area (Å²) in [6, 6.07) is 23.0. The molecule has 2 aromatic heterocycles. The number of anilines is 6. The summed E-state index contributed by atoms with van der Waals surface area (Å²) in [6.07, 6.45) is 2.60. The molecular formula is C56H44F6N10O6S2. The molecule has 0 bridgehead atoms. The Kier molecular flexibility index (Phi) is 15.5. The average Bonchev–Trinajstić information content (AvgIpc) is 3.50. The highest BCUT2D eigenvalue weighted by Crippen LogP contribution is 2.42. The minimum Gasteiger partial charge on any atom is -0.333 e. The van der Waals surface area contributed by atoms with Crippen LogP contribution in [-0.2, 0) is 22.9 Å². The fourth-order valence-electron chi connectivity index (χ4n) is 8.59. The lowest BCUT2D eigenvalue weighted by molar-refractivity contribution is 0.101. The SMILES string of the molecule is CSc1nc(-c2cc(NC(=O)c3ccc(C)c(F)c3)ccc2C)c2c(n1)N(c1c(F)cccc1F)C(=O)NC2.Cc1ccc(C(=O)Nc2ccc(C)c(-c3nc(S(C)(=O)=O)nc4c3CNC(=O)N4c3c(F)cccc3F)c2)cc1F. The van der Waals surface area contributed by atoms with E-state index in [0.29, 0.717) is 49.7 Å². The molecule has 0 saturated carbocycles. The molecular weight excluding hydrogens is 1090 g/mol. The fourth-order valence-corrected chi connectivity index (χ4v) is 9.46. The number of benzene rings is 6. The van der Waals surface area contributed by atoms with Gasteiger partial charge in [0.1, 0.15) is 46.3 Å². The maximum atomic E-state index is 14.8. The van der Waals surface area contributed by atoms with Crippen molar-refractivity contribution in [2.45, 2.75) is 51.1 Å². The first-order valence-electron chi connectivity index (χ1n) is 24.0.